The molecule has 1 aromatic heterocycles. The number of hydrogen-bond acceptors (Lipinski definition) is 3. The van der Waals surface area contributed by atoms with Crippen LogP contribution in [0.2, 0.25) is 0 Å². The van der Waals surface area contributed by atoms with E-state index in [0.29, 0.717) is 5.82 Å². The van der Waals surface area contributed by atoms with Gasteiger partial charge in [-0.2, -0.15) is 0 Å². The molecule has 15 heavy (non-hydrogen) atoms. The summed E-state index contributed by atoms with van der Waals surface area (Å²) in [4.78, 5) is 4.16. The van der Waals surface area contributed by atoms with Gasteiger partial charge in [-0.3, -0.25) is 0 Å². The van der Waals surface area contributed by atoms with Crippen LogP contribution >= 0.6 is 22.6 Å². The predicted octanol–water partition coefficient (Wildman–Crippen LogP) is 3.01. The summed E-state index contributed by atoms with van der Waals surface area (Å²) in [6, 6.07) is 13.6. The van der Waals surface area contributed by atoms with Crippen LogP contribution in [0, 0.1) is 3.57 Å². The van der Waals surface area contributed by atoms with E-state index in [4.69, 9.17) is 5.73 Å². The van der Waals surface area contributed by atoms with Gasteiger partial charge in [-0.05, 0) is 52.9 Å². The van der Waals surface area contributed by atoms with Gasteiger partial charge in [0.05, 0.1) is 0 Å². The number of aromatic nitrogens is 1. The number of nitrogens with one attached hydrogen (secondary N) is 1. The molecule has 0 unspecified atom stereocenters. The third-order valence-corrected chi connectivity index (χ3v) is 2.54. The molecular weight excluding hydrogens is 301 g/mol. The predicted molar refractivity (Wildman–Crippen MR) is 71.1 cm³/mol. The van der Waals surface area contributed by atoms with E-state index in [1.54, 1.807) is 6.07 Å². The molecule has 0 aliphatic rings. The van der Waals surface area contributed by atoms with Crippen LogP contribution in [0.5, 0.6) is 0 Å². The fourth-order valence-electron chi connectivity index (χ4n) is 1.24. The Kier molecular flexibility index (Phi) is 3.05. The number of nitrogens with two attached hydrogens (primary N) is 1. The number of rotatable bonds is 2. The molecule has 0 bridgehead atoms. The normalized spacial score (nSPS) is 9.93. The van der Waals surface area contributed by atoms with Crippen molar-refractivity contribution in [1.29, 1.82) is 0 Å². The van der Waals surface area contributed by atoms with Crippen LogP contribution in [0.15, 0.2) is 42.5 Å². The summed E-state index contributed by atoms with van der Waals surface area (Å²) in [6.45, 7) is 0. The summed E-state index contributed by atoms with van der Waals surface area (Å²) in [7, 11) is 0. The van der Waals surface area contributed by atoms with Crippen molar-refractivity contribution in [3.8, 4) is 0 Å². The van der Waals surface area contributed by atoms with E-state index in [1.807, 2.05) is 36.4 Å². The highest BCUT2D eigenvalue weighted by Crippen LogP contribution is 2.17. The molecule has 0 saturated carbocycles. The molecule has 2 aromatic rings. The molecule has 0 atom stereocenters. The summed E-state index contributed by atoms with van der Waals surface area (Å²) in [6.07, 6.45) is 0. The molecule has 3 N–H and O–H groups in total. The quantitative estimate of drug-likeness (QED) is 0.838. The standard InChI is InChI=1S/C11H10IN3/c12-8-3-1-4-9(7-8)14-11-6-2-5-10(13)15-11/h1-7H,(H3,13,14,15). The monoisotopic (exact) mass is 311 g/mol. The Morgan fingerprint density at radius 3 is 2.67 bits per heavy atom. The minimum atomic E-state index is 0.519. The second kappa shape index (κ2) is 4.48. The number of anilines is 3. The lowest BCUT2D eigenvalue weighted by atomic mass is 10.3. The third-order valence-electron chi connectivity index (χ3n) is 1.87. The lowest BCUT2D eigenvalue weighted by Crippen LogP contribution is -1.96. The average Bonchev–Trinajstić information content (AvgIpc) is 2.17. The highest BCUT2D eigenvalue weighted by molar-refractivity contribution is 14.1. The van der Waals surface area contributed by atoms with Crippen molar-refractivity contribution in [2.75, 3.05) is 11.1 Å². The summed E-state index contributed by atoms with van der Waals surface area (Å²) in [5.41, 5.74) is 6.60. The van der Waals surface area contributed by atoms with Crippen LogP contribution < -0.4 is 11.1 Å². The topological polar surface area (TPSA) is 50.9 Å². The van der Waals surface area contributed by atoms with Crippen LogP contribution in [-0.4, -0.2) is 4.98 Å². The van der Waals surface area contributed by atoms with Crippen molar-refractivity contribution in [3.63, 3.8) is 0 Å². The van der Waals surface area contributed by atoms with Crippen molar-refractivity contribution < 1.29 is 0 Å². The first kappa shape index (κ1) is 10.2. The number of hydrogen-bond donors (Lipinski definition) is 2. The van der Waals surface area contributed by atoms with E-state index >= 15 is 0 Å². The van der Waals surface area contributed by atoms with Gasteiger partial charge in [0.15, 0.2) is 0 Å². The second-order valence-electron chi connectivity index (χ2n) is 3.08. The summed E-state index contributed by atoms with van der Waals surface area (Å²) >= 11 is 2.27. The summed E-state index contributed by atoms with van der Waals surface area (Å²) in [5, 5.41) is 3.19. The molecule has 0 aliphatic carbocycles. The fourth-order valence-corrected chi connectivity index (χ4v) is 1.78. The molecule has 0 spiro atoms. The van der Waals surface area contributed by atoms with Crippen LogP contribution in [-0.2, 0) is 0 Å². The lowest BCUT2D eigenvalue weighted by Gasteiger charge is -2.05. The maximum absolute atomic E-state index is 5.59. The van der Waals surface area contributed by atoms with E-state index in [9.17, 15) is 0 Å². The third kappa shape index (κ3) is 2.82. The smallest absolute Gasteiger partial charge is 0.132 e. The molecule has 2 rings (SSSR count). The molecule has 3 nitrogen and oxygen atoms in total. The van der Waals surface area contributed by atoms with Crippen LogP contribution in [0.1, 0.15) is 0 Å². The van der Waals surface area contributed by atoms with Crippen LogP contribution in [0.4, 0.5) is 17.3 Å². The molecule has 1 aromatic carbocycles. The molecule has 0 saturated heterocycles. The van der Waals surface area contributed by atoms with Gasteiger partial charge in [0.1, 0.15) is 11.6 Å². The largest absolute Gasteiger partial charge is 0.384 e. The highest BCUT2D eigenvalue weighted by atomic mass is 127. The van der Waals surface area contributed by atoms with Crippen molar-refractivity contribution in [3.05, 3.63) is 46.0 Å². The first-order chi connectivity index (χ1) is 7.24. The molecule has 4 heteroatoms. The number of benzene rings is 1. The van der Waals surface area contributed by atoms with Gasteiger partial charge in [0.25, 0.3) is 0 Å². The molecular formula is C11H10IN3. The molecule has 0 aliphatic heterocycles. The zero-order valence-electron chi connectivity index (χ0n) is 7.94. The number of halogens is 1. The van der Waals surface area contributed by atoms with Gasteiger partial charge in [-0.1, -0.05) is 12.1 Å². The first-order valence-corrected chi connectivity index (χ1v) is 5.57. The van der Waals surface area contributed by atoms with Crippen LogP contribution in [0.3, 0.4) is 0 Å². The Bertz CT molecular complexity index is 427. The van der Waals surface area contributed by atoms with Gasteiger partial charge in [-0.25, -0.2) is 4.98 Å². The SMILES string of the molecule is Nc1cccc(Nc2cccc(I)c2)n1. The van der Waals surface area contributed by atoms with Gasteiger partial charge < -0.3 is 11.1 Å². The zero-order chi connectivity index (χ0) is 10.7. The molecule has 0 radical (unpaired) electrons. The van der Waals surface area contributed by atoms with E-state index in [0.717, 1.165) is 11.5 Å². The van der Waals surface area contributed by atoms with Gasteiger partial charge >= 0.3 is 0 Å². The maximum Gasteiger partial charge on any atom is 0.132 e. The second-order valence-corrected chi connectivity index (χ2v) is 4.33. The van der Waals surface area contributed by atoms with Gasteiger partial charge in [0.2, 0.25) is 0 Å². The molecule has 76 valence electrons. The van der Waals surface area contributed by atoms with Crippen molar-refractivity contribution >= 4 is 39.9 Å². The Morgan fingerprint density at radius 1 is 1.13 bits per heavy atom. The summed E-state index contributed by atoms with van der Waals surface area (Å²) in [5.74, 6) is 1.28. The van der Waals surface area contributed by atoms with Crippen LogP contribution in [0.25, 0.3) is 0 Å². The van der Waals surface area contributed by atoms with Crippen molar-refractivity contribution in [1.82, 2.24) is 4.98 Å². The highest BCUT2D eigenvalue weighted by Gasteiger charge is 1.96. The molecule has 1 heterocycles. The minimum absolute atomic E-state index is 0.519. The van der Waals surface area contributed by atoms with Gasteiger partial charge in [0, 0.05) is 9.26 Å². The molecule has 0 amide bonds. The fraction of sp³-hybridized carbons (Fsp3) is 0. The molecule has 0 fully saturated rings. The van der Waals surface area contributed by atoms with Crippen molar-refractivity contribution in [2.45, 2.75) is 0 Å². The van der Waals surface area contributed by atoms with E-state index < -0.39 is 0 Å². The Balaban J connectivity index is 2.22. The Hall–Kier alpha value is -1.30. The van der Waals surface area contributed by atoms with E-state index in [1.165, 1.54) is 3.57 Å². The Labute approximate surface area is 102 Å². The van der Waals surface area contributed by atoms with Gasteiger partial charge in [-0.15, -0.1) is 0 Å². The lowest BCUT2D eigenvalue weighted by molar-refractivity contribution is 1.31. The number of pyridine rings is 1. The average molecular weight is 311 g/mol. The number of nitrogen functional groups attached to an aromatic ring is 1. The van der Waals surface area contributed by atoms with E-state index in [2.05, 4.69) is 32.9 Å². The first-order valence-electron chi connectivity index (χ1n) is 4.49. The number of nitrogens with zero attached hydrogens (tertiary/aromatic N) is 1. The maximum atomic E-state index is 5.59. The minimum Gasteiger partial charge on any atom is -0.384 e. The Morgan fingerprint density at radius 2 is 1.93 bits per heavy atom. The van der Waals surface area contributed by atoms with E-state index in [-0.39, 0.29) is 0 Å². The summed E-state index contributed by atoms with van der Waals surface area (Å²) < 4.78 is 1.18. The van der Waals surface area contributed by atoms with Crippen molar-refractivity contribution in [2.24, 2.45) is 0 Å². The zero-order valence-corrected chi connectivity index (χ0v) is 10.1.